The number of benzene rings is 3. The molecule has 1 aliphatic rings. The van der Waals surface area contributed by atoms with Crippen LogP contribution in [-0.4, -0.2) is 34.6 Å². The van der Waals surface area contributed by atoms with Gasteiger partial charge in [-0.25, -0.2) is 12.8 Å². The zero-order chi connectivity index (χ0) is 22.7. The van der Waals surface area contributed by atoms with E-state index in [2.05, 4.69) is 10.0 Å². The van der Waals surface area contributed by atoms with Gasteiger partial charge in [-0.1, -0.05) is 12.1 Å². The Kier molecular flexibility index (Phi) is 5.87. The first-order chi connectivity index (χ1) is 15.4. The lowest BCUT2D eigenvalue weighted by molar-refractivity contribution is 0.102. The second-order valence-corrected chi connectivity index (χ2v) is 8.44. The Labute approximate surface area is 184 Å². The van der Waals surface area contributed by atoms with Crippen LogP contribution >= 0.6 is 0 Å². The van der Waals surface area contributed by atoms with Crippen LogP contribution in [0.3, 0.4) is 0 Å². The molecule has 2 N–H and O–H groups in total. The highest BCUT2D eigenvalue weighted by atomic mass is 32.2. The van der Waals surface area contributed by atoms with Crippen LogP contribution in [0.15, 0.2) is 65.6 Å². The maximum absolute atomic E-state index is 13.1. The third kappa shape index (κ3) is 4.45. The minimum absolute atomic E-state index is 0.114. The summed E-state index contributed by atoms with van der Waals surface area (Å²) in [7, 11) is -2.55. The van der Waals surface area contributed by atoms with E-state index in [4.69, 9.17) is 14.2 Å². The third-order valence-corrected chi connectivity index (χ3v) is 6.02. The number of anilines is 2. The second kappa shape index (κ2) is 8.75. The average molecular weight is 458 g/mol. The largest absolute Gasteiger partial charge is 0.493 e. The van der Waals surface area contributed by atoms with Crippen LogP contribution in [-0.2, 0) is 10.0 Å². The first kappa shape index (κ1) is 21.4. The normalized spacial score (nSPS) is 12.7. The highest BCUT2D eigenvalue weighted by Crippen LogP contribution is 2.40. The van der Waals surface area contributed by atoms with Gasteiger partial charge in [-0.3, -0.25) is 9.52 Å². The van der Waals surface area contributed by atoms with Crippen molar-refractivity contribution < 1.29 is 31.8 Å². The van der Waals surface area contributed by atoms with E-state index in [0.29, 0.717) is 30.5 Å². The van der Waals surface area contributed by atoms with Crippen molar-refractivity contribution in [2.24, 2.45) is 0 Å². The summed E-state index contributed by atoms with van der Waals surface area (Å²) in [5.41, 5.74) is 0.619. The van der Waals surface area contributed by atoms with Crippen LogP contribution in [0.4, 0.5) is 15.8 Å². The number of hydrogen-bond acceptors (Lipinski definition) is 6. The molecule has 1 heterocycles. The molecular weight excluding hydrogens is 439 g/mol. The van der Waals surface area contributed by atoms with E-state index in [9.17, 15) is 17.6 Å². The van der Waals surface area contributed by atoms with Gasteiger partial charge in [-0.2, -0.15) is 0 Å². The quantitative estimate of drug-likeness (QED) is 0.585. The predicted octanol–water partition coefficient (Wildman–Crippen LogP) is 3.66. The van der Waals surface area contributed by atoms with Crippen molar-refractivity contribution in [3.05, 3.63) is 72.0 Å². The number of ether oxygens (including phenoxy) is 3. The molecule has 8 nitrogen and oxygen atoms in total. The summed E-state index contributed by atoms with van der Waals surface area (Å²) in [4.78, 5) is 12.8. The molecule has 0 bridgehead atoms. The van der Waals surface area contributed by atoms with Crippen LogP contribution in [0.25, 0.3) is 0 Å². The molecule has 166 valence electrons. The number of amides is 1. The van der Waals surface area contributed by atoms with Gasteiger partial charge in [0.15, 0.2) is 11.5 Å². The Morgan fingerprint density at radius 1 is 1.00 bits per heavy atom. The molecule has 3 aromatic rings. The molecule has 0 spiro atoms. The number of carbonyl (C=O) groups is 1. The van der Waals surface area contributed by atoms with Gasteiger partial charge >= 0.3 is 0 Å². The van der Waals surface area contributed by atoms with Crippen molar-refractivity contribution in [2.45, 2.75) is 4.90 Å². The fourth-order valence-electron chi connectivity index (χ4n) is 3.10. The minimum atomic E-state index is -4.00. The van der Waals surface area contributed by atoms with E-state index in [-0.39, 0.29) is 21.8 Å². The lowest BCUT2D eigenvalue weighted by atomic mass is 10.1. The molecule has 1 amide bonds. The Morgan fingerprint density at radius 3 is 2.41 bits per heavy atom. The molecule has 0 saturated heterocycles. The molecule has 0 aliphatic carbocycles. The van der Waals surface area contributed by atoms with Gasteiger partial charge in [0.2, 0.25) is 5.75 Å². The number of fused-ring (bicyclic) bond motifs is 1. The zero-order valence-electron chi connectivity index (χ0n) is 16.9. The molecule has 1 aliphatic heterocycles. The Bertz CT molecular complexity index is 1240. The number of rotatable bonds is 6. The average Bonchev–Trinajstić information content (AvgIpc) is 2.79. The van der Waals surface area contributed by atoms with Gasteiger partial charge < -0.3 is 19.5 Å². The zero-order valence-corrected chi connectivity index (χ0v) is 17.7. The van der Waals surface area contributed by atoms with E-state index in [1.807, 2.05) is 0 Å². The molecule has 3 aromatic carbocycles. The van der Waals surface area contributed by atoms with Gasteiger partial charge in [0.05, 0.1) is 23.4 Å². The van der Waals surface area contributed by atoms with Gasteiger partial charge in [0.25, 0.3) is 15.9 Å². The Hall–Kier alpha value is -3.79. The van der Waals surface area contributed by atoms with Gasteiger partial charge in [0, 0.05) is 5.56 Å². The highest BCUT2D eigenvalue weighted by Gasteiger charge is 2.22. The third-order valence-electron chi connectivity index (χ3n) is 4.63. The lowest BCUT2D eigenvalue weighted by Gasteiger charge is -2.21. The Morgan fingerprint density at radius 2 is 1.69 bits per heavy atom. The molecule has 0 unspecified atom stereocenters. The molecule has 0 saturated carbocycles. The summed E-state index contributed by atoms with van der Waals surface area (Å²) in [6.45, 7) is 0.714. The van der Waals surface area contributed by atoms with Crippen LogP contribution in [0.5, 0.6) is 17.2 Å². The summed E-state index contributed by atoms with van der Waals surface area (Å²) in [5, 5.41) is 2.69. The van der Waals surface area contributed by atoms with E-state index < -0.39 is 21.7 Å². The predicted molar refractivity (Wildman–Crippen MR) is 116 cm³/mol. The minimum Gasteiger partial charge on any atom is -0.493 e. The summed E-state index contributed by atoms with van der Waals surface area (Å²) >= 11 is 0. The van der Waals surface area contributed by atoms with Crippen molar-refractivity contribution in [3.63, 3.8) is 0 Å². The van der Waals surface area contributed by atoms with Crippen LogP contribution in [0, 0.1) is 5.82 Å². The maximum atomic E-state index is 13.1. The van der Waals surface area contributed by atoms with Crippen molar-refractivity contribution in [3.8, 4) is 17.2 Å². The van der Waals surface area contributed by atoms with E-state index in [0.717, 1.165) is 24.3 Å². The second-order valence-electron chi connectivity index (χ2n) is 6.76. The van der Waals surface area contributed by atoms with Crippen LogP contribution in [0.1, 0.15) is 10.4 Å². The fraction of sp³-hybridized carbons (Fsp3) is 0.136. The topological polar surface area (TPSA) is 103 Å². The summed E-state index contributed by atoms with van der Waals surface area (Å²) in [6.07, 6.45) is 0. The van der Waals surface area contributed by atoms with Crippen LogP contribution < -0.4 is 24.2 Å². The maximum Gasteiger partial charge on any atom is 0.261 e. The van der Waals surface area contributed by atoms with E-state index in [1.54, 1.807) is 18.2 Å². The molecule has 0 fully saturated rings. The number of hydrogen-bond donors (Lipinski definition) is 2. The lowest BCUT2D eigenvalue weighted by Crippen LogP contribution is -2.19. The molecule has 10 heteroatoms. The van der Waals surface area contributed by atoms with Gasteiger partial charge in [-0.15, -0.1) is 0 Å². The van der Waals surface area contributed by atoms with Crippen LogP contribution in [0.2, 0.25) is 0 Å². The first-order valence-electron chi connectivity index (χ1n) is 9.54. The van der Waals surface area contributed by atoms with Gasteiger partial charge in [-0.05, 0) is 48.5 Å². The number of sulfonamides is 1. The smallest absolute Gasteiger partial charge is 0.261 e. The highest BCUT2D eigenvalue weighted by molar-refractivity contribution is 7.92. The molecule has 0 atom stereocenters. The van der Waals surface area contributed by atoms with Gasteiger partial charge in [0.1, 0.15) is 19.0 Å². The first-order valence-corrected chi connectivity index (χ1v) is 11.0. The standard InChI is InChI=1S/C22H19FN2O6S/c1-29-19-12-14(13-20-21(19)31-11-10-30-20)22(26)24-17-4-2-3-5-18(17)25-32(27,28)16-8-6-15(23)7-9-16/h2-9,12-13,25H,10-11H2,1H3,(H,24,26). The number of methoxy groups -OCH3 is 1. The number of carbonyl (C=O) groups excluding carboxylic acids is 1. The van der Waals surface area contributed by atoms with Crippen molar-refractivity contribution in [1.29, 1.82) is 0 Å². The molecular formula is C22H19FN2O6S. The SMILES string of the molecule is COc1cc(C(=O)Nc2ccccc2NS(=O)(=O)c2ccc(F)cc2)cc2c1OCCO2. The number of para-hydroxylation sites is 2. The number of nitrogens with one attached hydrogen (secondary N) is 2. The summed E-state index contributed by atoms with van der Waals surface area (Å²) in [6, 6.07) is 13.8. The van der Waals surface area contributed by atoms with E-state index in [1.165, 1.54) is 25.3 Å². The van der Waals surface area contributed by atoms with Crippen molar-refractivity contribution >= 4 is 27.3 Å². The number of halogens is 1. The van der Waals surface area contributed by atoms with Crippen molar-refractivity contribution in [2.75, 3.05) is 30.4 Å². The fourth-order valence-corrected chi connectivity index (χ4v) is 4.18. The molecule has 0 radical (unpaired) electrons. The summed E-state index contributed by atoms with van der Waals surface area (Å²) in [5.74, 6) is 0.0895. The summed E-state index contributed by atoms with van der Waals surface area (Å²) < 4.78 is 57.3. The molecule has 32 heavy (non-hydrogen) atoms. The Balaban J connectivity index is 1.60. The van der Waals surface area contributed by atoms with Crippen molar-refractivity contribution in [1.82, 2.24) is 0 Å². The molecule has 0 aromatic heterocycles. The van der Waals surface area contributed by atoms with E-state index >= 15 is 0 Å². The monoisotopic (exact) mass is 458 g/mol. The molecule has 4 rings (SSSR count).